The fourth-order valence-corrected chi connectivity index (χ4v) is 1.69. The topological polar surface area (TPSA) is 41.6 Å². The van der Waals surface area contributed by atoms with Gasteiger partial charge in [-0.15, -0.1) is 0 Å². The number of hydrogen-bond donors (Lipinski definition) is 1. The second-order valence-electron chi connectivity index (χ2n) is 4.08. The summed E-state index contributed by atoms with van der Waals surface area (Å²) in [6.07, 6.45) is 3.16. The highest BCUT2D eigenvalue weighted by molar-refractivity contribution is 5.75. The van der Waals surface area contributed by atoms with Gasteiger partial charge < -0.3 is 15.0 Å². The summed E-state index contributed by atoms with van der Waals surface area (Å²) in [5.41, 5.74) is 0. The fraction of sp³-hybridized carbons (Fsp3) is 0.933. The zero-order valence-corrected chi connectivity index (χ0v) is 13.8. The van der Waals surface area contributed by atoms with E-state index in [-0.39, 0.29) is 5.91 Å². The smallest absolute Gasteiger partial charge is 0.219 e. The Morgan fingerprint density at radius 3 is 2.21 bits per heavy atom. The van der Waals surface area contributed by atoms with E-state index in [1.54, 1.807) is 0 Å². The summed E-state index contributed by atoms with van der Waals surface area (Å²) in [5.74, 6) is 0.0991. The Bertz CT molecular complexity index is 191. The number of rotatable bonds is 5. The minimum Gasteiger partial charge on any atom is -0.376 e. The summed E-state index contributed by atoms with van der Waals surface area (Å²) in [7, 11) is 2.14. The van der Waals surface area contributed by atoms with Gasteiger partial charge in [-0.1, -0.05) is 34.6 Å². The Hall–Kier alpha value is -0.610. The van der Waals surface area contributed by atoms with Gasteiger partial charge >= 0.3 is 0 Å². The maximum absolute atomic E-state index is 10.9. The molecule has 1 N–H and O–H groups in total. The van der Waals surface area contributed by atoms with E-state index in [0.717, 1.165) is 25.9 Å². The highest BCUT2D eigenvalue weighted by Crippen LogP contribution is 2.11. The van der Waals surface area contributed by atoms with Gasteiger partial charge in [-0.05, 0) is 19.9 Å². The second-order valence-corrected chi connectivity index (χ2v) is 4.08. The normalized spacial score (nSPS) is 15.7. The number of hydrogen-bond acceptors (Lipinski definition) is 3. The lowest BCUT2D eigenvalue weighted by Crippen LogP contribution is -2.35. The number of piperidine rings is 1. The van der Waals surface area contributed by atoms with Crippen molar-refractivity contribution in [3.05, 3.63) is 0 Å². The van der Waals surface area contributed by atoms with Crippen molar-refractivity contribution in [2.45, 2.75) is 60.0 Å². The minimum absolute atomic E-state index is 0.0991. The first-order valence-corrected chi connectivity index (χ1v) is 7.79. The van der Waals surface area contributed by atoms with Crippen LogP contribution in [0.15, 0.2) is 0 Å². The van der Waals surface area contributed by atoms with Gasteiger partial charge in [0, 0.05) is 26.1 Å². The van der Waals surface area contributed by atoms with Gasteiger partial charge in [0.2, 0.25) is 5.91 Å². The van der Waals surface area contributed by atoms with Gasteiger partial charge in [-0.25, -0.2) is 0 Å². The van der Waals surface area contributed by atoms with Crippen LogP contribution in [0.25, 0.3) is 0 Å². The quantitative estimate of drug-likeness (QED) is 0.784. The summed E-state index contributed by atoms with van der Waals surface area (Å²) in [6.45, 7) is 13.4. The van der Waals surface area contributed by atoms with Crippen LogP contribution in [0.5, 0.6) is 0 Å². The molecule has 0 atom stereocenters. The van der Waals surface area contributed by atoms with Gasteiger partial charge in [0.15, 0.2) is 0 Å². The Labute approximate surface area is 119 Å². The molecule has 0 bridgehead atoms. The number of nitrogens with zero attached hydrogens (tertiary/aromatic N) is 1. The predicted octanol–water partition coefficient (Wildman–Crippen LogP) is 2.68. The van der Waals surface area contributed by atoms with Crippen LogP contribution in [0.3, 0.4) is 0 Å². The molecule has 0 aromatic carbocycles. The molecule has 0 saturated carbocycles. The van der Waals surface area contributed by atoms with E-state index in [1.165, 1.54) is 0 Å². The van der Waals surface area contributed by atoms with Crippen LogP contribution < -0.4 is 5.32 Å². The largest absolute Gasteiger partial charge is 0.376 e. The molecule has 4 nitrogen and oxygen atoms in total. The lowest BCUT2D eigenvalue weighted by atomic mass is 10.1. The summed E-state index contributed by atoms with van der Waals surface area (Å²) in [6, 6.07) is 0. The van der Waals surface area contributed by atoms with Gasteiger partial charge in [0.25, 0.3) is 0 Å². The van der Waals surface area contributed by atoms with Gasteiger partial charge in [0.1, 0.15) is 0 Å². The molecule has 1 heterocycles. The molecule has 1 amide bonds. The number of likely N-dealkylation sites (tertiary alicyclic amines) is 1. The molecule has 4 heteroatoms. The molecule has 0 aromatic rings. The summed E-state index contributed by atoms with van der Waals surface area (Å²) >= 11 is 0. The monoisotopic (exact) mass is 274 g/mol. The first kappa shape index (κ1) is 20.7. The van der Waals surface area contributed by atoms with Crippen LogP contribution in [0.4, 0.5) is 0 Å². The highest BCUT2D eigenvalue weighted by atomic mass is 16.5. The first-order valence-electron chi connectivity index (χ1n) is 7.79. The summed E-state index contributed by atoms with van der Waals surface area (Å²) in [5, 5.41) is 2.81. The zero-order valence-electron chi connectivity index (χ0n) is 13.8. The molecule has 116 valence electrons. The van der Waals surface area contributed by atoms with Crippen molar-refractivity contribution in [2.75, 3.05) is 33.3 Å². The number of carbonyl (C=O) groups is 1. The molecule has 0 radical (unpaired) electrons. The van der Waals surface area contributed by atoms with Crippen molar-refractivity contribution in [2.24, 2.45) is 0 Å². The number of nitrogens with one attached hydrogen (secondary N) is 1. The Balaban J connectivity index is 0. The predicted molar refractivity (Wildman–Crippen MR) is 82.5 cm³/mol. The maximum Gasteiger partial charge on any atom is 0.219 e. The maximum atomic E-state index is 10.9. The third-order valence-corrected chi connectivity index (χ3v) is 2.76. The Morgan fingerprint density at radius 1 is 1.21 bits per heavy atom. The van der Waals surface area contributed by atoms with E-state index < -0.39 is 0 Å². The highest BCUT2D eigenvalue weighted by Gasteiger charge is 2.16. The van der Waals surface area contributed by atoms with Crippen molar-refractivity contribution in [1.29, 1.82) is 0 Å². The van der Waals surface area contributed by atoms with Gasteiger partial charge in [-0.2, -0.15) is 0 Å². The van der Waals surface area contributed by atoms with E-state index >= 15 is 0 Å². The van der Waals surface area contributed by atoms with Crippen LogP contribution in [-0.4, -0.2) is 50.2 Å². The molecule has 0 unspecified atom stereocenters. The molecule has 1 aliphatic heterocycles. The number of ether oxygens (including phenoxy) is 1. The first-order chi connectivity index (χ1) is 9.22. The molecule has 0 aliphatic carbocycles. The van der Waals surface area contributed by atoms with Crippen LogP contribution in [0.1, 0.15) is 53.9 Å². The van der Waals surface area contributed by atoms with Crippen LogP contribution in [0, 0.1) is 0 Å². The average Bonchev–Trinajstić information content (AvgIpc) is 2.49. The van der Waals surface area contributed by atoms with Crippen molar-refractivity contribution < 1.29 is 9.53 Å². The SMILES string of the molecule is CC.CC.CCC(=O)NCCOC1CCN(C)CC1. The summed E-state index contributed by atoms with van der Waals surface area (Å²) < 4.78 is 5.68. The van der Waals surface area contributed by atoms with E-state index in [4.69, 9.17) is 4.74 Å². The van der Waals surface area contributed by atoms with Gasteiger partial charge in [-0.3, -0.25) is 4.79 Å². The van der Waals surface area contributed by atoms with Crippen LogP contribution in [0.2, 0.25) is 0 Å². The molecular formula is C15H34N2O2. The van der Waals surface area contributed by atoms with Crippen LogP contribution >= 0.6 is 0 Å². The van der Waals surface area contributed by atoms with Crippen LogP contribution in [-0.2, 0) is 9.53 Å². The lowest BCUT2D eigenvalue weighted by Gasteiger charge is -2.28. The molecule has 1 aliphatic rings. The molecule has 19 heavy (non-hydrogen) atoms. The van der Waals surface area contributed by atoms with Crippen molar-refractivity contribution >= 4 is 5.91 Å². The molecule has 0 spiro atoms. The standard InChI is InChI=1S/C11H22N2O2.2C2H6/c1-3-11(14)12-6-9-15-10-4-7-13(2)8-5-10;2*1-2/h10H,3-9H2,1-2H3,(H,12,14);2*1-2H3. The minimum atomic E-state index is 0.0991. The van der Waals surface area contributed by atoms with E-state index in [0.29, 0.717) is 25.7 Å². The molecule has 1 rings (SSSR count). The third kappa shape index (κ3) is 12.2. The zero-order chi connectivity index (χ0) is 15.1. The van der Waals surface area contributed by atoms with E-state index in [2.05, 4.69) is 17.3 Å². The fourth-order valence-electron chi connectivity index (χ4n) is 1.69. The molecule has 1 saturated heterocycles. The second kappa shape index (κ2) is 15.4. The lowest BCUT2D eigenvalue weighted by molar-refractivity contribution is -0.121. The molecular weight excluding hydrogens is 240 g/mol. The summed E-state index contributed by atoms with van der Waals surface area (Å²) in [4.78, 5) is 13.3. The third-order valence-electron chi connectivity index (χ3n) is 2.76. The van der Waals surface area contributed by atoms with Crippen molar-refractivity contribution in [3.8, 4) is 0 Å². The van der Waals surface area contributed by atoms with Crippen molar-refractivity contribution in [1.82, 2.24) is 10.2 Å². The average molecular weight is 274 g/mol. The van der Waals surface area contributed by atoms with Gasteiger partial charge in [0.05, 0.1) is 12.7 Å². The Morgan fingerprint density at radius 2 is 1.74 bits per heavy atom. The van der Waals surface area contributed by atoms with Crippen molar-refractivity contribution in [3.63, 3.8) is 0 Å². The number of amides is 1. The molecule has 0 aromatic heterocycles. The molecule has 1 fully saturated rings. The Kier molecular flexibility index (Phi) is 16.8. The number of carbonyl (C=O) groups excluding carboxylic acids is 1. The van der Waals surface area contributed by atoms with E-state index in [9.17, 15) is 4.79 Å². The van der Waals surface area contributed by atoms with E-state index in [1.807, 2.05) is 34.6 Å².